The molecule has 1 aromatic carbocycles. The van der Waals surface area contributed by atoms with Gasteiger partial charge in [0.1, 0.15) is 17.2 Å². The third kappa shape index (κ3) is 5.82. The molecule has 1 fully saturated rings. The lowest BCUT2D eigenvalue weighted by atomic mass is 9.78. The molecule has 0 nitrogen and oxygen atoms in total. The lowest BCUT2D eigenvalue weighted by Gasteiger charge is -2.28. The van der Waals surface area contributed by atoms with E-state index >= 15 is 0 Å². The number of hydrogen-bond donors (Lipinski definition) is 0. The van der Waals surface area contributed by atoms with E-state index in [1.807, 2.05) is 6.92 Å². The lowest BCUT2D eigenvalue weighted by Crippen LogP contribution is -2.15. The number of hydrogen-bond acceptors (Lipinski definition) is 0. The summed E-state index contributed by atoms with van der Waals surface area (Å²) in [6, 6.07) is 1.66. The van der Waals surface area contributed by atoms with Gasteiger partial charge in [-0.2, -0.15) is 13.2 Å². The smallest absolute Gasteiger partial charge is 0.206 e. The molecule has 1 aromatic rings. The normalized spacial score (nSPS) is 21.8. The van der Waals surface area contributed by atoms with Crippen molar-refractivity contribution in [2.24, 2.45) is 11.8 Å². The van der Waals surface area contributed by atoms with Crippen molar-refractivity contribution in [3.05, 3.63) is 47.0 Å². The largest absolute Gasteiger partial charge is 0.422 e. The van der Waals surface area contributed by atoms with Crippen LogP contribution in [-0.2, 0) is 12.6 Å². The Hall–Kier alpha value is -1.39. The van der Waals surface area contributed by atoms with Crippen molar-refractivity contribution in [1.82, 2.24) is 0 Å². The second-order valence-electron chi connectivity index (χ2n) is 7.00. The Morgan fingerprint density at radius 2 is 1.48 bits per heavy atom. The van der Waals surface area contributed by atoms with Crippen LogP contribution in [0.2, 0.25) is 0 Å². The third-order valence-electron chi connectivity index (χ3n) is 5.17. The summed E-state index contributed by atoms with van der Waals surface area (Å²) in [7, 11) is 0. The van der Waals surface area contributed by atoms with Gasteiger partial charge in [-0.1, -0.05) is 37.8 Å². The zero-order chi connectivity index (χ0) is 18.4. The number of halogens is 5. The van der Waals surface area contributed by atoms with Crippen LogP contribution in [0.1, 0.15) is 63.0 Å². The Bertz CT molecular complexity index is 557. The summed E-state index contributed by atoms with van der Waals surface area (Å²) in [4.78, 5) is 0. The van der Waals surface area contributed by atoms with Crippen LogP contribution in [0.3, 0.4) is 0 Å². The van der Waals surface area contributed by atoms with E-state index in [4.69, 9.17) is 0 Å². The maximum absolute atomic E-state index is 13.6. The van der Waals surface area contributed by atoms with Crippen LogP contribution in [0.4, 0.5) is 22.0 Å². The minimum atomic E-state index is -5.00. The molecule has 140 valence electrons. The second-order valence-corrected chi connectivity index (χ2v) is 7.00. The van der Waals surface area contributed by atoms with Gasteiger partial charge < -0.3 is 0 Å². The van der Waals surface area contributed by atoms with Crippen LogP contribution < -0.4 is 0 Å². The first-order valence-electron chi connectivity index (χ1n) is 8.97. The monoisotopic (exact) mass is 360 g/mol. The van der Waals surface area contributed by atoms with Crippen LogP contribution >= 0.6 is 0 Å². The molecular formula is C20H25F5. The molecule has 0 bridgehead atoms. The Labute approximate surface area is 146 Å². The fourth-order valence-electron chi connectivity index (χ4n) is 3.72. The molecule has 0 atom stereocenters. The summed E-state index contributed by atoms with van der Waals surface area (Å²) in [5.74, 6) is -1.80. The van der Waals surface area contributed by atoms with Crippen molar-refractivity contribution in [1.29, 1.82) is 0 Å². The lowest BCUT2D eigenvalue weighted by molar-refractivity contribution is -0.142. The summed E-state index contributed by atoms with van der Waals surface area (Å²) >= 11 is 0. The van der Waals surface area contributed by atoms with Gasteiger partial charge in [0.05, 0.1) is 0 Å². The first kappa shape index (κ1) is 19.9. The first-order valence-corrected chi connectivity index (χ1v) is 8.97. The van der Waals surface area contributed by atoms with E-state index in [-0.39, 0.29) is 0 Å². The van der Waals surface area contributed by atoms with Crippen molar-refractivity contribution < 1.29 is 22.0 Å². The summed E-state index contributed by atoms with van der Waals surface area (Å²) in [5, 5.41) is 0. The van der Waals surface area contributed by atoms with Gasteiger partial charge in [-0.3, -0.25) is 0 Å². The molecule has 25 heavy (non-hydrogen) atoms. The van der Waals surface area contributed by atoms with Crippen LogP contribution in [0.25, 0.3) is 0 Å². The topological polar surface area (TPSA) is 0 Å². The zero-order valence-electron chi connectivity index (χ0n) is 14.5. The van der Waals surface area contributed by atoms with Gasteiger partial charge in [-0.25, -0.2) is 8.78 Å². The molecule has 0 N–H and O–H groups in total. The minimum absolute atomic E-state index is 0.304. The quantitative estimate of drug-likeness (QED) is 0.376. The van der Waals surface area contributed by atoms with Crippen LogP contribution in [-0.4, -0.2) is 0 Å². The summed E-state index contributed by atoms with van der Waals surface area (Å²) in [6.45, 7) is 2.02. The van der Waals surface area contributed by atoms with Crippen LogP contribution in [0.15, 0.2) is 24.3 Å². The highest BCUT2D eigenvalue weighted by Gasteiger charge is 2.37. The number of aryl methyl sites for hydroxylation is 1. The van der Waals surface area contributed by atoms with E-state index in [1.54, 1.807) is 0 Å². The van der Waals surface area contributed by atoms with E-state index in [1.165, 1.54) is 6.42 Å². The Morgan fingerprint density at radius 1 is 0.960 bits per heavy atom. The highest BCUT2D eigenvalue weighted by molar-refractivity contribution is 5.28. The van der Waals surface area contributed by atoms with Crippen molar-refractivity contribution >= 4 is 0 Å². The molecular weight excluding hydrogens is 335 g/mol. The molecule has 0 aliphatic heterocycles. The van der Waals surface area contributed by atoms with Gasteiger partial charge in [-0.05, 0) is 62.1 Å². The predicted molar refractivity (Wildman–Crippen MR) is 89.2 cm³/mol. The SMILES string of the molecule is C/C=C/CCC1CCC(CCc2cc(F)c(C(F)(F)F)c(F)c2)CC1. The van der Waals surface area contributed by atoms with Crippen LogP contribution in [0.5, 0.6) is 0 Å². The summed E-state index contributed by atoms with van der Waals surface area (Å²) < 4.78 is 65.0. The molecule has 0 saturated heterocycles. The molecule has 5 heteroatoms. The highest BCUT2D eigenvalue weighted by atomic mass is 19.4. The zero-order valence-corrected chi connectivity index (χ0v) is 14.5. The average Bonchev–Trinajstić information content (AvgIpc) is 2.52. The molecule has 1 aliphatic rings. The highest BCUT2D eigenvalue weighted by Crippen LogP contribution is 2.36. The first-order chi connectivity index (χ1) is 11.8. The van der Waals surface area contributed by atoms with Gasteiger partial charge >= 0.3 is 6.18 Å². The maximum atomic E-state index is 13.6. The van der Waals surface area contributed by atoms with Gasteiger partial charge in [-0.15, -0.1) is 0 Å². The van der Waals surface area contributed by atoms with Gasteiger partial charge in [0.25, 0.3) is 0 Å². The fraction of sp³-hybridized carbons (Fsp3) is 0.600. The van der Waals surface area contributed by atoms with Crippen molar-refractivity contribution in [2.45, 2.75) is 64.5 Å². The third-order valence-corrected chi connectivity index (χ3v) is 5.17. The molecule has 2 rings (SSSR count). The number of alkyl halides is 3. The van der Waals surface area contributed by atoms with Crippen molar-refractivity contribution in [3.8, 4) is 0 Å². The van der Waals surface area contributed by atoms with E-state index in [0.29, 0.717) is 17.9 Å². The second kappa shape index (κ2) is 8.81. The molecule has 0 spiro atoms. The van der Waals surface area contributed by atoms with E-state index < -0.39 is 23.4 Å². The molecule has 1 saturated carbocycles. The maximum Gasteiger partial charge on any atom is 0.422 e. The molecule has 0 unspecified atom stereocenters. The molecule has 0 radical (unpaired) electrons. The van der Waals surface area contributed by atoms with Gasteiger partial charge in [0.15, 0.2) is 0 Å². The van der Waals surface area contributed by atoms with E-state index in [0.717, 1.165) is 56.6 Å². The van der Waals surface area contributed by atoms with Gasteiger partial charge in [0, 0.05) is 0 Å². The molecule has 0 aromatic heterocycles. The van der Waals surface area contributed by atoms with E-state index in [2.05, 4.69) is 12.2 Å². The standard InChI is InChI=1S/C20H25F5/c1-2-3-4-5-14-6-8-15(9-7-14)10-11-16-12-17(21)19(18(22)13-16)20(23,24)25/h2-3,12-15H,4-11H2,1H3/b3-2+. The van der Waals surface area contributed by atoms with Gasteiger partial charge in [0.2, 0.25) is 0 Å². The number of rotatable bonds is 6. The number of benzene rings is 1. The summed E-state index contributed by atoms with van der Waals surface area (Å²) in [5.41, 5.74) is -1.49. The van der Waals surface area contributed by atoms with E-state index in [9.17, 15) is 22.0 Å². The van der Waals surface area contributed by atoms with Crippen molar-refractivity contribution in [2.75, 3.05) is 0 Å². The molecule has 0 amide bonds. The molecule has 0 heterocycles. The predicted octanol–water partition coefficient (Wildman–Crippen LogP) is 7.08. The summed E-state index contributed by atoms with van der Waals surface area (Å²) in [6.07, 6.45) is 7.24. The Morgan fingerprint density at radius 3 is 1.96 bits per heavy atom. The fourth-order valence-corrected chi connectivity index (χ4v) is 3.72. The Kier molecular flexibility index (Phi) is 7.03. The number of allylic oxidation sites excluding steroid dienone is 2. The Balaban J connectivity index is 1.85. The van der Waals surface area contributed by atoms with Crippen LogP contribution in [0, 0.1) is 23.5 Å². The average molecular weight is 360 g/mol. The minimum Gasteiger partial charge on any atom is -0.206 e. The van der Waals surface area contributed by atoms with Crippen molar-refractivity contribution in [3.63, 3.8) is 0 Å². The molecule has 1 aliphatic carbocycles.